The van der Waals surface area contributed by atoms with Gasteiger partial charge in [0.15, 0.2) is 0 Å². The van der Waals surface area contributed by atoms with Gasteiger partial charge in [0.25, 0.3) is 0 Å². The lowest BCUT2D eigenvalue weighted by Crippen LogP contribution is -2.01. The van der Waals surface area contributed by atoms with Crippen LogP contribution in [-0.4, -0.2) is 14.5 Å². The van der Waals surface area contributed by atoms with E-state index in [0.717, 1.165) is 17.9 Å². The van der Waals surface area contributed by atoms with Crippen LogP contribution >= 0.6 is 22.9 Å². The SMILES string of the molecule is Cc1ncsc1Cn1cncc1CCl. The van der Waals surface area contributed by atoms with Gasteiger partial charge in [-0.15, -0.1) is 22.9 Å². The molecule has 2 heterocycles. The summed E-state index contributed by atoms with van der Waals surface area (Å²) in [6.45, 7) is 2.84. The number of imidazole rings is 1. The minimum absolute atomic E-state index is 0.498. The molecule has 3 nitrogen and oxygen atoms in total. The standard InChI is InChI=1S/C9H10ClN3S/c1-7-9(14-6-12-7)4-13-5-11-3-8(13)2-10/h3,5-6H,2,4H2,1H3. The Balaban J connectivity index is 2.22. The quantitative estimate of drug-likeness (QED) is 0.755. The van der Waals surface area contributed by atoms with Crippen LogP contribution < -0.4 is 0 Å². The number of aryl methyl sites for hydroxylation is 1. The summed E-state index contributed by atoms with van der Waals surface area (Å²) in [5.41, 5.74) is 3.99. The molecule has 74 valence electrons. The van der Waals surface area contributed by atoms with Gasteiger partial charge in [-0.25, -0.2) is 9.97 Å². The van der Waals surface area contributed by atoms with Crippen LogP contribution in [0.5, 0.6) is 0 Å². The molecule has 0 unspecified atom stereocenters. The Morgan fingerprint density at radius 2 is 2.43 bits per heavy atom. The van der Waals surface area contributed by atoms with Crippen molar-refractivity contribution in [3.63, 3.8) is 0 Å². The lowest BCUT2D eigenvalue weighted by molar-refractivity contribution is 0.769. The van der Waals surface area contributed by atoms with E-state index in [-0.39, 0.29) is 0 Å². The molecule has 2 aromatic heterocycles. The third-order valence-corrected chi connectivity index (χ3v) is 3.29. The molecule has 0 aliphatic rings. The summed E-state index contributed by atoms with van der Waals surface area (Å²) in [6.07, 6.45) is 3.60. The van der Waals surface area contributed by atoms with E-state index in [0.29, 0.717) is 5.88 Å². The number of alkyl halides is 1. The third kappa shape index (κ3) is 1.81. The van der Waals surface area contributed by atoms with Crippen LogP contribution in [-0.2, 0) is 12.4 Å². The Labute approximate surface area is 91.4 Å². The Morgan fingerprint density at radius 3 is 3.07 bits per heavy atom. The normalized spacial score (nSPS) is 10.7. The van der Waals surface area contributed by atoms with Gasteiger partial charge in [-0.05, 0) is 6.92 Å². The Hall–Kier alpha value is -0.870. The molecule has 0 aromatic carbocycles. The number of hydrogen-bond donors (Lipinski definition) is 0. The molecule has 0 bridgehead atoms. The topological polar surface area (TPSA) is 30.7 Å². The number of hydrogen-bond acceptors (Lipinski definition) is 3. The molecule has 5 heteroatoms. The maximum Gasteiger partial charge on any atom is 0.0952 e. The molecule has 0 amide bonds. The van der Waals surface area contributed by atoms with Gasteiger partial charge < -0.3 is 4.57 Å². The molecule has 0 fully saturated rings. The van der Waals surface area contributed by atoms with Gasteiger partial charge in [0.05, 0.1) is 35.7 Å². The number of aromatic nitrogens is 3. The summed E-state index contributed by atoms with van der Waals surface area (Å²) in [6, 6.07) is 0. The van der Waals surface area contributed by atoms with Crippen molar-refractivity contribution in [2.45, 2.75) is 19.3 Å². The Morgan fingerprint density at radius 1 is 1.57 bits per heavy atom. The monoisotopic (exact) mass is 227 g/mol. The Kier molecular flexibility index (Phi) is 2.84. The minimum atomic E-state index is 0.498. The van der Waals surface area contributed by atoms with Gasteiger partial charge >= 0.3 is 0 Å². The second-order valence-electron chi connectivity index (χ2n) is 3.01. The largest absolute Gasteiger partial charge is 0.328 e. The van der Waals surface area contributed by atoms with Gasteiger partial charge in [0, 0.05) is 11.1 Å². The van der Waals surface area contributed by atoms with Crippen LogP contribution in [0.1, 0.15) is 16.3 Å². The van der Waals surface area contributed by atoms with Crippen molar-refractivity contribution in [1.29, 1.82) is 0 Å². The lowest BCUT2D eigenvalue weighted by Gasteiger charge is -2.03. The van der Waals surface area contributed by atoms with Gasteiger partial charge in [-0.1, -0.05) is 0 Å². The van der Waals surface area contributed by atoms with Crippen molar-refractivity contribution >= 4 is 22.9 Å². The zero-order valence-corrected chi connectivity index (χ0v) is 9.35. The summed E-state index contributed by atoms with van der Waals surface area (Å²) in [5, 5.41) is 0. The van der Waals surface area contributed by atoms with E-state index in [1.807, 2.05) is 17.0 Å². The first-order valence-electron chi connectivity index (χ1n) is 4.25. The predicted molar refractivity (Wildman–Crippen MR) is 57.7 cm³/mol. The maximum atomic E-state index is 5.78. The van der Waals surface area contributed by atoms with Crippen LogP contribution in [0.25, 0.3) is 0 Å². The average Bonchev–Trinajstić information content (AvgIpc) is 2.77. The lowest BCUT2D eigenvalue weighted by atomic mass is 10.4. The molecule has 0 radical (unpaired) electrons. The van der Waals surface area contributed by atoms with E-state index in [1.165, 1.54) is 4.88 Å². The van der Waals surface area contributed by atoms with Crippen LogP contribution in [0.4, 0.5) is 0 Å². The van der Waals surface area contributed by atoms with Crippen LogP contribution in [0, 0.1) is 6.92 Å². The maximum absolute atomic E-state index is 5.78. The van der Waals surface area contributed by atoms with Gasteiger partial charge in [0.1, 0.15) is 0 Å². The molecule has 14 heavy (non-hydrogen) atoms. The minimum Gasteiger partial charge on any atom is -0.328 e. The van der Waals surface area contributed by atoms with Crippen molar-refractivity contribution in [2.24, 2.45) is 0 Å². The van der Waals surface area contributed by atoms with E-state index >= 15 is 0 Å². The molecule has 0 saturated heterocycles. The zero-order valence-electron chi connectivity index (χ0n) is 7.77. The summed E-state index contributed by atoms with van der Waals surface area (Å²) in [5.74, 6) is 0.498. The highest BCUT2D eigenvalue weighted by molar-refractivity contribution is 7.09. The first-order chi connectivity index (χ1) is 6.81. The molecular weight excluding hydrogens is 218 g/mol. The number of thiazole rings is 1. The molecule has 2 aromatic rings. The first-order valence-corrected chi connectivity index (χ1v) is 5.66. The fourth-order valence-electron chi connectivity index (χ4n) is 1.23. The average molecular weight is 228 g/mol. The van der Waals surface area contributed by atoms with Crippen LogP contribution in [0.15, 0.2) is 18.0 Å². The highest BCUT2D eigenvalue weighted by Crippen LogP contribution is 2.15. The fourth-order valence-corrected chi connectivity index (χ4v) is 2.23. The van der Waals surface area contributed by atoms with Crippen molar-refractivity contribution < 1.29 is 0 Å². The third-order valence-electron chi connectivity index (χ3n) is 2.09. The van der Waals surface area contributed by atoms with Crippen molar-refractivity contribution in [3.8, 4) is 0 Å². The van der Waals surface area contributed by atoms with Crippen molar-refractivity contribution in [3.05, 3.63) is 34.3 Å². The summed E-state index contributed by atoms with van der Waals surface area (Å²) < 4.78 is 2.05. The molecule has 0 aliphatic carbocycles. The molecule has 2 rings (SSSR count). The number of rotatable bonds is 3. The summed E-state index contributed by atoms with van der Waals surface area (Å²) >= 11 is 7.44. The van der Waals surface area contributed by atoms with E-state index in [9.17, 15) is 0 Å². The number of nitrogens with zero attached hydrogens (tertiary/aromatic N) is 3. The van der Waals surface area contributed by atoms with Gasteiger partial charge in [0.2, 0.25) is 0 Å². The molecule has 0 saturated carbocycles. The fraction of sp³-hybridized carbons (Fsp3) is 0.333. The molecule has 0 spiro atoms. The van der Waals surface area contributed by atoms with E-state index in [2.05, 4.69) is 9.97 Å². The molecular formula is C9H10ClN3S. The molecule has 0 aliphatic heterocycles. The van der Waals surface area contributed by atoms with Crippen molar-refractivity contribution in [1.82, 2.24) is 14.5 Å². The predicted octanol–water partition coefficient (Wildman–Crippen LogP) is 2.44. The second kappa shape index (κ2) is 4.11. The van der Waals surface area contributed by atoms with E-state index in [1.54, 1.807) is 23.9 Å². The second-order valence-corrected chi connectivity index (χ2v) is 4.21. The van der Waals surface area contributed by atoms with E-state index in [4.69, 9.17) is 11.6 Å². The van der Waals surface area contributed by atoms with Crippen LogP contribution in [0.3, 0.4) is 0 Å². The first kappa shape index (κ1) is 9.68. The van der Waals surface area contributed by atoms with Gasteiger partial charge in [-0.3, -0.25) is 0 Å². The van der Waals surface area contributed by atoms with Gasteiger partial charge in [-0.2, -0.15) is 0 Å². The zero-order chi connectivity index (χ0) is 9.97. The highest BCUT2D eigenvalue weighted by Gasteiger charge is 2.05. The smallest absolute Gasteiger partial charge is 0.0952 e. The molecule has 0 atom stereocenters. The molecule has 0 N–H and O–H groups in total. The van der Waals surface area contributed by atoms with Crippen molar-refractivity contribution in [2.75, 3.05) is 0 Å². The van der Waals surface area contributed by atoms with Crippen LogP contribution in [0.2, 0.25) is 0 Å². The van der Waals surface area contributed by atoms with E-state index < -0.39 is 0 Å². The summed E-state index contributed by atoms with van der Waals surface area (Å²) in [4.78, 5) is 9.53. The Bertz CT molecular complexity index is 421. The highest BCUT2D eigenvalue weighted by atomic mass is 35.5. The number of halogens is 1. The summed E-state index contributed by atoms with van der Waals surface area (Å²) in [7, 11) is 0.